The second kappa shape index (κ2) is 21.0. The Morgan fingerprint density at radius 2 is 1.66 bits per heavy atom. The van der Waals surface area contributed by atoms with Crippen LogP contribution < -0.4 is 10.6 Å². The molecule has 7 amide bonds. The number of halogens is 2. The molecule has 3 aromatic carbocycles. The molecule has 4 aromatic rings. The fourth-order valence-electron chi connectivity index (χ4n) is 10.5. The van der Waals surface area contributed by atoms with E-state index in [4.69, 9.17) is 9.47 Å². The highest BCUT2D eigenvalue weighted by Gasteiger charge is 2.51. The van der Waals surface area contributed by atoms with Gasteiger partial charge in [0.1, 0.15) is 24.2 Å². The van der Waals surface area contributed by atoms with Crippen LogP contribution in [0.15, 0.2) is 66.7 Å². The Labute approximate surface area is 429 Å². The third-order valence-corrected chi connectivity index (χ3v) is 16.6. The van der Waals surface area contributed by atoms with Crippen LogP contribution in [-0.4, -0.2) is 128 Å². The third-order valence-electron chi connectivity index (χ3n) is 14.5. The second-order valence-electron chi connectivity index (χ2n) is 20.7. The first kappa shape index (κ1) is 52.9. The minimum atomic E-state index is -5.84. The number of nitrogens with zero attached hydrogens (tertiary/aromatic N) is 4. The molecule has 5 aliphatic rings. The van der Waals surface area contributed by atoms with Gasteiger partial charge in [-0.3, -0.25) is 43.4 Å². The van der Waals surface area contributed by atoms with Crippen molar-refractivity contribution in [2.24, 2.45) is 5.41 Å². The number of amides is 7. The normalized spacial score (nSPS) is 21.7. The van der Waals surface area contributed by atoms with Crippen molar-refractivity contribution in [1.82, 2.24) is 30.2 Å². The summed E-state index contributed by atoms with van der Waals surface area (Å²) in [6.07, 6.45) is 1.89. The minimum Gasteiger partial charge on any atom is -0.376 e. The molecule has 0 bridgehead atoms. The molecule has 0 saturated carbocycles. The molecule has 22 heteroatoms. The Kier molecular flexibility index (Phi) is 15.0. The van der Waals surface area contributed by atoms with Gasteiger partial charge in [0.15, 0.2) is 0 Å². The van der Waals surface area contributed by atoms with Crippen molar-refractivity contribution in [2.45, 2.75) is 121 Å². The Hall–Kier alpha value is -5.96. The van der Waals surface area contributed by atoms with Gasteiger partial charge in [-0.25, -0.2) is 0 Å². The lowest BCUT2D eigenvalue weighted by Gasteiger charge is -2.38. The van der Waals surface area contributed by atoms with E-state index in [0.717, 1.165) is 45.7 Å². The summed E-state index contributed by atoms with van der Waals surface area (Å²) in [6.45, 7) is 7.54. The van der Waals surface area contributed by atoms with Gasteiger partial charge in [-0.15, -0.1) is 11.3 Å². The van der Waals surface area contributed by atoms with Crippen LogP contribution >= 0.6 is 18.9 Å². The first-order valence-electron chi connectivity index (χ1n) is 24.8. The number of unbranched alkanes of at least 4 members (excludes halogenated alkanes) is 2. The van der Waals surface area contributed by atoms with Gasteiger partial charge in [0.05, 0.1) is 24.1 Å². The van der Waals surface area contributed by atoms with E-state index < -0.39 is 66.2 Å². The van der Waals surface area contributed by atoms with Crippen molar-refractivity contribution < 1.29 is 66.2 Å². The van der Waals surface area contributed by atoms with Gasteiger partial charge in [-0.2, -0.15) is 8.78 Å². The van der Waals surface area contributed by atoms with Crippen LogP contribution in [-0.2, 0) is 63.3 Å². The highest BCUT2D eigenvalue weighted by Crippen LogP contribution is 2.59. The highest BCUT2D eigenvalue weighted by molar-refractivity contribution is 7.52. The number of nitrogens with one attached hydrogen (secondary N) is 2. The predicted molar refractivity (Wildman–Crippen MR) is 265 cm³/mol. The summed E-state index contributed by atoms with van der Waals surface area (Å²) >= 11 is 0.962. The lowest BCUT2D eigenvalue weighted by Crippen LogP contribution is -2.58. The summed E-state index contributed by atoms with van der Waals surface area (Å²) in [7, 11) is -5.84. The monoisotopic (exact) mass is 1060 g/mol. The summed E-state index contributed by atoms with van der Waals surface area (Å²) in [4.78, 5) is 119. The first-order chi connectivity index (χ1) is 35.1. The summed E-state index contributed by atoms with van der Waals surface area (Å²) in [5, 5.41) is 5.32. The van der Waals surface area contributed by atoms with Gasteiger partial charge < -0.3 is 44.2 Å². The molecule has 5 aliphatic heterocycles. The molecule has 5 atom stereocenters. The number of rotatable bonds is 15. The van der Waals surface area contributed by atoms with Crippen LogP contribution in [0.2, 0.25) is 0 Å². The zero-order valence-corrected chi connectivity index (χ0v) is 42.9. The average Bonchev–Trinajstić information content (AvgIpc) is 4.17. The van der Waals surface area contributed by atoms with Crippen molar-refractivity contribution in [3.63, 3.8) is 0 Å². The quantitative estimate of drug-likeness (QED) is 0.0636. The van der Waals surface area contributed by atoms with Gasteiger partial charge in [-0.1, -0.05) is 69.7 Å². The molecular formula is C52H59F2N6O12PS. The van der Waals surface area contributed by atoms with E-state index in [9.17, 15) is 56.7 Å². The van der Waals surface area contributed by atoms with Crippen LogP contribution in [0.5, 0.6) is 0 Å². The number of carbonyl (C=O) groups is 7. The molecule has 9 rings (SSSR count). The number of hydrogen-bond acceptors (Lipinski definition) is 11. The topological polar surface area (TPSA) is 232 Å². The van der Waals surface area contributed by atoms with E-state index >= 15 is 0 Å². The number of morpholine rings is 1. The number of ether oxygens (including phenoxy) is 2. The second-order valence-corrected chi connectivity index (χ2v) is 23.5. The van der Waals surface area contributed by atoms with Gasteiger partial charge >= 0.3 is 13.3 Å². The molecule has 3 fully saturated rings. The molecule has 394 valence electrons. The van der Waals surface area contributed by atoms with Crippen molar-refractivity contribution >= 4 is 70.4 Å². The molecule has 4 N–H and O–H groups in total. The summed E-state index contributed by atoms with van der Waals surface area (Å²) in [5.74, 6) is -2.57. The molecule has 1 aromatic heterocycles. The number of likely N-dealkylation sites (tertiary alicyclic amines) is 1. The van der Waals surface area contributed by atoms with E-state index in [0.29, 0.717) is 62.2 Å². The van der Waals surface area contributed by atoms with Crippen LogP contribution in [0.3, 0.4) is 0 Å². The maximum Gasteiger partial charge on any atom is 0.399 e. The Morgan fingerprint density at radius 3 is 2.38 bits per heavy atom. The summed E-state index contributed by atoms with van der Waals surface area (Å²) < 4.78 is 53.6. The third kappa shape index (κ3) is 10.9. The lowest BCUT2D eigenvalue weighted by atomic mass is 9.85. The number of alkyl halides is 2. The zero-order valence-electron chi connectivity index (χ0n) is 41.2. The first-order valence-corrected chi connectivity index (χ1v) is 27.2. The van der Waals surface area contributed by atoms with E-state index in [2.05, 4.69) is 10.6 Å². The highest BCUT2D eigenvalue weighted by atomic mass is 32.1. The maximum atomic E-state index is 14.9. The van der Waals surface area contributed by atoms with E-state index in [1.807, 2.05) is 42.5 Å². The minimum absolute atomic E-state index is 0.0208. The van der Waals surface area contributed by atoms with Crippen molar-refractivity contribution in [3.8, 4) is 0 Å². The standard InChI is InChI=1S/C52H59F2N6O12PS/c1-51(2,3)45(56-47(64)42-23-31-21-35(13-15-41(31)74-42)52(53,54)73(68,69)70)50(67)60-28-36(24-39(60)49(66)57-17-19-72-40(29-57)30-10-6-4-7-11-30)71-18-9-5-8-12-44(62)58-25-32-20-34-27-59(38-14-16-43(61)55-46(38)63)48(65)37(34)22-33(32)26-58/h4,6-7,10-11,13,15,20-23,36,38-40,45H,5,8-9,12,14,16-19,24-29H2,1-3H3,(H,56,64)(H,55,61,63)(H2,68,69,70)/t36-,38?,39+,40+,45?/m1/s1. The van der Waals surface area contributed by atoms with E-state index in [1.165, 1.54) is 21.9 Å². The number of piperidine rings is 1. The fraction of sp³-hybridized carbons (Fsp3) is 0.481. The van der Waals surface area contributed by atoms with Gasteiger partial charge in [0, 0.05) is 74.4 Å². The number of imide groups is 1. The van der Waals surface area contributed by atoms with E-state index in [-0.39, 0.29) is 85.5 Å². The molecule has 0 spiro atoms. The number of carbonyl (C=O) groups excluding carboxylic acids is 7. The number of benzene rings is 3. The maximum absolute atomic E-state index is 14.9. The largest absolute Gasteiger partial charge is 0.399 e. The van der Waals surface area contributed by atoms with Crippen LogP contribution in [0.4, 0.5) is 8.78 Å². The van der Waals surface area contributed by atoms with Crippen molar-refractivity contribution in [1.29, 1.82) is 0 Å². The van der Waals surface area contributed by atoms with Crippen LogP contribution in [0.1, 0.15) is 120 Å². The number of hydrogen-bond donors (Lipinski definition) is 4. The lowest BCUT2D eigenvalue weighted by molar-refractivity contribution is -0.150. The fourth-order valence-corrected chi connectivity index (χ4v) is 11.9. The molecule has 3 saturated heterocycles. The van der Waals surface area contributed by atoms with E-state index in [1.54, 1.807) is 30.6 Å². The van der Waals surface area contributed by atoms with Gasteiger partial charge in [0.25, 0.3) is 11.8 Å². The molecule has 74 heavy (non-hydrogen) atoms. The van der Waals surface area contributed by atoms with Crippen LogP contribution in [0, 0.1) is 5.41 Å². The molecule has 18 nitrogen and oxygen atoms in total. The summed E-state index contributed by atoms with van der Waals surface area (Å²) in [6, 6.07) is 14.9. The molecule has 0 aliphatic carbocycles. The molecule has 6 heterocycles. The van der Waals surface area contributed by atoms with Gasteiger partial charge in [0.2, 0.25) is 29.5 Å². The van der Waals surface area contributed by atoms with Crippen molar-refractivity contribution in [3.05, 3.63) is 105 Å². The smallest absolute Gasteiger partial charge is 0.376 e. The SMILES string of the molecule is CC(C)(C)C(NC(=O)c1cc2cc(C(F)(F)P(=O)(O)O)ccc2s1)C(=O)N1C[C@H](OCCCCCC(=O)N2Cc3cc4c(cc3C2)C(=O)N(C2CCC(=O)NC2=O)C4)C[C@H]1C(=O)N1CCO[C@H](c2ccccc2)C1. The average molecular weight is 1060 g/mol. The Morgan fingerprint density at radius 1 is 0.919 bits per heavy atom. The predicted octanol–water partition coefficient (Wildman–Crippen LogP) is 5.72. The van der Waals surface area contributed by atoms with Crippen molar-refractivity contribution in [2.75, 3.05) is 32.8 Å². The zero-order chi connectivity index (χ0) is 52.9. The van der Waals surface area contributed by atoms with Gasteiger partial charge in [-0.05, 0) is 76.6 Å². The Balaban J connectivity index is 0.816. The number of fused-ring (bicyclic) bond motifs is 3. The molecular weight excluding hydrogens is 1000 g/mol. The molecule has 0 radical (unpaired) electrons. The summed E-state index contributed by atoms with van der Waals surface area (Å²) in [5.41, 5.74) is -2.19. The van der Waals surface area contributed by atoms with Crippen LogP contribution in [0.25, 0.3) is 10.1 Å². The molecule has 2 unspecified atom stereocenters. The number of thiophene rings is 1. The Bertz CT molecular complexity index is 2940.